The number of nitrogens with zero attached hydrogens (tertiary/aromatic N) is 3. The number of aromatic nitrogens is 2. The van der Waals surface area contributed by atoms with Crippen molar-refractivity contribution in [3.63, 3.8) is 0 Å². The number of ether oxygens (including phenoxy) is 1. The lowest BCUT2D eigenvalue weighted by atomic mass is 9.92. The summed E-state index contributed by atoms with van der Waals surface area (Å²) in [6.07, 6.45) is -1.02. The van der Waals surface area contributed by atoms with Crippen molar-refractivity contribution in [1.82, 2.24) is 9.55 Å². The van der Waals surface area contributed by atoms with Crippen LogP contribution in [0.3, 0.4) is 0 Å². The molecule has 3 rings (SSSR count). The zero-order valence-electron chi connectivity index (χ0n) is 17.4. The van der Waals surface area contributed by atoms with Crippen LogP contribution in [0, 0.1) is 15.9 Å². The summed E-state index contributed by atoms with van der Waals surface area (Å²) in [4.78, 5) is 27.0. The van der Waals surface area contributed by atoms with Gasteiger partial charge < -0.3 is 20.6 Å². The third-order valence-electron chi connectivity index (χ3n) is 4.79. The largest absolute Gasteiger partial charge is 0.477 e. The molecule has 0 aliphatic carbocycles. The Morgan fingerprint density at radius 3 is 2.47 bits per heavy atom. The Hall–Kier alpha value is -2.62. The SMILES string of the molecule is C[C@@H](Oc1c([N+](=O)[O-])nc(Cl)c2c1cc(C(C)(C)C)n2C(N)=O)c1c(Cl)ccc(F)c1Cl. The molecule has 12 heteroatoms. The second kappa shape index (κ2) is 8.38. The summed E-state index contributed by atoms with van der Waals surface area (Å²) in [7, 11) is 0. The first-order valence-electron chi connectivity index (χ1n) is 9.25. The number of nitro groups is 1. The monoisotopic (exact) mass is 502 g/mol. The van der Waals surface area contributed by atoms with E-state index < -0.39 is 34.1 Å². The van der Waals surface area contributed by atoms with Crippen LogP contribution < -0.4 is 10.5 Å². The second-order valence-corrected chi connectivity index (χ2v) is 9.19. The molecule has 0 aliphatic heterocycles. The van der Waals surface area contributed by atoms with Crippen molar-refractivity contribution in [3.05, 3.63) is 60.6 Å². The van der Waals surface area contributed by atoms with Gasteiger partial charge in [0.15, 0.2) is 0 Å². The van der Waals surface area contributed by atoms with Crippen molar-refractivity contribution >= 4 is 57.6 Å². The molecule has 0 radical (unpaired) electrons. The molecule has 0 saturated heterocycles. The summed E-state index contributed by atoms with van der Waals surface area (Å²) in [6, 6.07) is 3.06. The Morgan fingerprint density at radius 1 is 1.31 bits per heavy atom. The Morgan fingerprint density at radius 2 is 1.94 bits per heavy atom. The molecule has 32 heavy (non-hydrogen) atoms. The van der Waals surface area contributed by atoms with Crippen molar-refractivity contribution in [2.24, 2.45) is 5.73 Å². The van der Waals surface area contributed by atoms with Gasteiger partial charge in [-0.3, -0.25) is 4.57 Å². The summed E-state index contributed by atoms with van der Waals surface area (Å²) in [5.41, 5.74) is 5.56. The Kier molecular flexibility index (Phi) is 6.29. The van der Waals surface area contributed by atoms with Crippen molar-refractivity contribution in [3.8, 4) is 5.75 Å². The average Bonchev–Trinajstić information content (AvgIpc) is 3.09. The van der Waals surface area contributed by atoms with Gasteiger partial charge in [0.05, 0.1) is 10.4 Å². The fraction of sp³-hybridized carbons (Fsp3) is 0.300. The minimum absolute atomic E-state index is 0.0494. The van der Waals surface area contributed by atoms with Crippen LogP contribution >= 0.6 is 34.8 Å². The minimum atomic E-state index is -1.02. The van der Waals surface area contributed by atoms with Gasteiger partial charge in [0.2, 0.25) is 5.75 Å². The maximum atomic E-state index is 14.0. The molecule has 2 N–H and O–H groups in total. The van der Waals surface area contributed by atoms with E-state index in [1.54, 1.807) is 0 Å². The highest BCUT2D eigenvalue weighted by atomic mass is 35.5. The topological polar surface area (TPSA) is 113 Å². The van der Waals surface area contributed by atoms with Gasteiger partial charge in [0.25, 0.3) is 5.15 Å². The molecular formula is C20H18Cl3FN4O4. The van der Waals surface area contributed by atoms with E-state index in [0.29, 0.717) is 5.69 Å². The fourth-order valence-electron chi connectivity index (χ4n) is 3.38. The predicted molar refractivity (Wildman–Crippen MR) is 121 cm³/mol. The number of nitrogens with two attached hydrogens (primary N) is 1. The quantitative estimate of drug-likeness (QED) is 0.191. The first-order chi connectivity index (χ1) is 14.8. The summed E-state index contributed by atoms with van der Waals surface area (Å²) in [6.45, 7) is 6.97. The lowest BCUT2D eigenvalue weighted by Gasteiger charge is -2.19. The standard InChI is InChI=1S/C20H18Cl3FN4O4/c1-8(13-10(21)5-6-11(24)14(13)22)32-16-9-7-12(20(2,3)4)27(19(25)29)15(9)17(23)26-18(16)28(30)31/h5-8H,1-4H3,(H2,25,29)/t8-/m1/s1. The molecule has 1 amide bonds. The molecule has 0 unspecified atom stereocenters. The second-order valence-electron chi connectivity index (χ2n) is 8.04. The lowest BCUT2D eigenvalue weighted by molar-refractivity contribution is -0.390. The zero-order valence-corrected chi connectivity index (χ0v) is 19.6. The molecule has 1 aromatic carbocycles. The number of primary amides is 1. The highest BCUT2D eigenvalue weighted by molar-refractivity contribution is 6.36. The number of carbonyl (C=O) groups is 1. The van der Waals surface area contributed by atoms with Crippen LogP contribution in [0.1, 0.15) is 45.1 Å². The number of carbonyl (C=O) groups excluding carboxylic acids is 1. The molecule has 1 atom stereocenters. The number of pyridine rings is 1. The third-order valence-corrected chi connectivity index (χ3v) is 5.77. The molecule has 8 nitrogen and oxygen atoms in total. The highest BCUT2D eigenvalue weighted by Gasteiger charge is 2.34. The Labute approximate surface area is 197 Å². The van der Waals surface area contributed by atoms with Gasteiger partial charge in [-0.05, 0) is 46.6 Å². The average molecular weight is 504 g/mol. The van der Waals surface area contributed by atoms with Crippen LogP contribution in [0.4, 0.5) is 15.0 Å². The number of fused-ring (bicyclic) bond motifs is 1. The first kappa shape index (κ1) is 24.0. The normalized spacial score (nSPS) is 12.8. The van der Waals surface area contributed by atoms with Crippen LogP contribution in [0.25, 0.3) is 10.9 Å². The molecule has 3 aromatic rings. The van der Waals surface area contributed by atoms with E-state index in [1.165, 1.54) is 19.1 Å². The van der Waals surface area contributed by atoms with Gasteiger partial charge >= 0.3 is 11.8 Å². The summed E-state index contributed by atoms with van der Waals surface area (Å²) >= 11 is 18.5. The molecular weight excluding hydrogens is 486 g/mol. The van der Waals surface area contributed by atoms with E-state index >= 15 is 0 Å². The van der Waals surface area contributed by atoms with E-state index in [1.807, 2.05) is 20.8 Å². The van der Waals surface area contributed by atoms with Gasteiger partial charge in [-0.2, -0.15) is 0 Å². The summed E-state index contributed by atoms with van der Waals surface area (Å²) in [5.74, 6) is -1.71. The van der Waals surface area contributed by atoms with Crippen LogP contribution in [0.2, 0.25) is 15.2 Å². The molecule has 0 bridgehead atoms. The van der Waals surface area contributed by atoms with E-state index in [4.69, 9.17) is 45.3 Å². The van der Waals surface area contributed by atoms with Crippen LogP contribution in [0.5, 0.6) is 5.75 Å². The maximum absolute atomic E-state index is 14.0. The molecule has 0 spiro atoms. The fourth-order valence-corrected chi connectivity index (χ4v) is 4.32. The minimum Gasteiger partial charge on any atom is -0.477 e. The number of halogens is 4. The number of benzene rings is 1. The number of rotatable bonds is 4. The summed E-state index contributed by atoms with van der Waals surface area (Å²) < 4.78 is 21.0. The van der Waals surface area contributed by atoms with Gasteiger partial charge in [-0.25, -0.2) is 9.18 Å². The molecule has 0 saturated carbocycles. The van der Waals surface area contributed by atoms with Gasteiger partial charge in [0.1, 0.15) is 17.4 Å². The van der Waals surface area contributed by atoms with Gasteiger partial charge in [-0.1, -0.05) is 44.0 Å². The molecule has 2 heterocycles. The van der Waals surface area contributed by atoms with Crippen LogP contribution in [-0.2, 0) is 5.41 Å². The van der Waals surface area contributed by atoms with E-state index in [0.717, 1.165) is 10.6 Å². The predicted octanol–water partition coefficient (Wildman–Crippen LogP) is 6.41. The molecule has 2 aromatic heterocycles. The first-order valence-corrected chi connectivity index (χ1v) is 10.4. The smallest absolute Gasteiger partial charge is 0.408 e. The summed E-state index contributed by atoms with van der Waals surface area (Å²) in [5, 5.41) is 11.4. The highest BCUT2D eigenvalue weighted by Crippen LogP contribution is 2.44. The van der Waals surface area contributed by atoms with Crippen molar-refractivity contribution in [2.45, 2.75) is 39.2 Å². The van der Waals surface area contributed by atoms with Crippen molar-refractivity contribution in [1.29, 1.82) is 0 Å². The lowest BCUT2D eigenvalue weighted by Crippen LogP contribution is -2.27. The van der Waals surface area contributed by atoms with Gasteiger partial charge in [0, 0.05) is 21.7 Å². The van der Waals surface area contributed by atoms with Gasteiger partial charge in [-0.15, -0.1) is 0 Å². The van der Waals surface area contributed by atoms with Crippen LogP contribution in [0.15, 0.2) is 18.2 Å². The number of amides is 1. The third kappa shape index (κ3) is 4.07. The Balaban J connectivity index is 2.34. The van der Waals surface area contributed by atoms with Crippen LogP contribution in [-0.4, -0.2) is 20.5 Å². The molecule has 0 fully saturated rings. The molecule has 170 valence electrons. The van der Waals surface area contributed by atoms with E-state index in [9.17, 15) is 19.3 Å². The zero-order chi connectivity index (χ0) is 24.1. The Bertz CT molecular complexity index is 1270. The van der Waals surface area contributed by atoms with E-state index in [2.05, 4.69) is 4.98 Å². The van der Waals surface area contributed by atoms with E-state index in [-0.39, 0.29) is 37.4 Å². The molecule has 0 aliphatic rings. The van der Waals surface area contributed by atoms with Crippen molar-refractivity contribution in [2.75, 3.05) is 0 Å². The maximum Gasteiger partial charge on any atom is 0.408 e. The number of hydrogen-bond donors (Lipinski definition) is 1. The number of hydrogen-bond acceptors (Lipinski definition) is 5. The van der Waals surface area contributed by atoms with Crippen molar-refractivity contribution < 1.29 is 18.8 Å².